The van der Waals surface area contributed by atoms with E-state index in [-0.39, 0.29) is 0 Å². The van der Waals surface area contributed by atoms with E-state index in [1.54, 1.807) is 0 Å². The first-order valence-corrected chi connectivity index (χ1v) is 7.28. The van der Waals surface area contributed by atoms with Crippen molar-refractivity contribution in [1.82, 2.24) is 4.90 Å². The van der Waals surface area contributed by atoms with Gasteiger partial charge in [-0.3, -0.25) is 0 Å². The number of rotatable bonds is 6. The summed E-state index contributed by atoms with van der Waals surface area (Å²) in [5.41, 5.74) is 7.28. The third kappa shape index (κ3) is 4.11. The highest BCUT2D eigenvalue weighted by Crippen LogP contribution is 2.26. The minimum Gasteiger partial charge on any atom is -0.328 e. The number of unbranched alkanes of at least 4 members (excludes halogenated alkanes) is 1. The first-order chi connectivity index (χ1) is 8.75. The van der Waals surface area contributed by atoms with E-state index in [4.69, 9.17) is 5.73 Å². The molecule has 0 spiro atoms. The molecular weight excluding hydrogens is 220 g/mol. The quantitative estimate of drug-likeness (QED) is 0.782. The van der Waals surface area contributed by atoms with E-state index >= 15 is 0 Å². The Balaban J connectivity index is 1.69. The molecule has 0 amide bonds. The fourth-order valence-electron chi connectivity index (χ4n) is 2.83. The van der Waals surface area contributed by atoms with Crippen LogP contribution in [0.2, 0.25) is 0 Å². The second-order valence-electron chi connectivity index (χ2n) is 5.67. The van der Waals surface area contributed by atoms with E-state index in [0.717, 1.165) is 12.3 Å². The summed E-state index contributed by atoms with van der Waals surface area (Å²) in [5, 5.41) is 0. The average Bonchev–Trinajstić information content (AvgIpc) is 2.84. The molecule has 0 aliphatic carbocycles. The molecule has 1 heterocycles. The lowest BCUT2D eigenvalue weighted by Crippen LogP contribution is -2.22. The number of hydrogen-bond acceptors (Lipinski definition) is 2. The second kappa shape index (κ2) is 6.91. The van der Waals surface area contributed by atoms with Crippen LogP contribution in [0, 0.1) is 0 Å². The molecule has 1 saturated heterocycles. The molecule has 1 aromatic carbocycles. The summed E-state index contributed by atoms with van der Waals surface area (Å²) >= 11 is 0. The molecule has 1 aliphatic heterocycles. The lowest BCUT2D eigenvalue weighted by molar-refractivity contribution is 0.323. The van der Waals surface area contributed by atoms with Gasteiger partial charge in [-0.05, 0) is 50.8 Å². The van der Waals surface area contributed by atoms with Crippen LogP contribution in [0.5, 0.6) is 0 Å². The summed E-state index contributed by atoms with van der Waals surface area (Å²) in [6, 6.07) is 11.3. The zero-order valence-corrected chi connectivity index (χ0v) is 11.5. The topological polar surface area (TPSA) is 29.3 Å². The Morgan fingerprint density at radius 1 is 1.28 bits per heavy atom. The standard InChI is InChI=1S/C16H26N2/c1-14(17)7-5-6-11-18-12-10-16(13-18)15-8-3-2-4-9-15/h2-4,8-9,14,16H,5-7,10-13,17H2,1H3. The normalized spacial score (nSPS) is 22.2. The van der Waals surface area contributed by atoms with Gasteiger partial charge < -0.3 is 10.6 Å². The van der Waals surface area contributed by atoms with Crippen molar-refractivity contribution in [3.05, 3.63) is 35.9 Å². The first kappa shape index (κ1) is 13.6. The van der Waals surface area contributed by atoms with Gasteiger partial charge in [-0.25, -0.2) is 0 Å². The maximum absolute atomic E-state index is 5.77. The molecule has 2 heteroatoms. The van der Waals surface area contributed by atoms with Crippen molar-refractivity contribution in [2.24, 2.45) is 5.73 Å². The van der Waals surface area contributed by atoms with Gasteiger partial charge in [0.15, 0.2) is 0 Å². The number of nitrogens with two attached hydrogens (primary N) is 1. The first-order valence-electron chi connectivity index (χ1n) is 7.28. The van der Waals surface area contributed by atoms with Crippen LogP contribution in [0.25, 0.3) is 0 Å². The average molecular weight is 246 g/mol. The Morgan fingerprint density at radius 2 is 2.06 bits per heavy atom. The minimum absolute atomic E-state index is 0.362. The zero-order valence-electron chi connectivity index (χ0n) is 11.5. The maximum atomic E-state index is 5.77. The molecule has 0 radical (unpaired) electrons. The third-order valence-electron chi connectivity index (χ3n) is 3.93. The van der Waals surface area contributed by atoms with E-state index in [9.17, 15) is 0 Å². The Morgan fingerprint density at radius 3 is 2.78 bits per heavy atom. The summed E-state index contributed by atoms with van der Waals surface area (Å²) in [5.74, 6) is 0.750. The maximum Gasteiger partial charge on any atom is 0.00507 e. The van der Waals surface area contributed by atoms with Crippen LogP contribution in [0.15, 0.2) is 30.3 Å². The number of benzene rings is 1. The van der Waals surface area contributed by atoms with Crippen molar-refractivity contribution < 1.29 is 0 Å². The van der Waals surface area contributed by atoms with Gasteiger partial charge in [-0.1, -0.05) is 36.8 Å². The van der Waals surface area contributed by atoms with Gasteiger partial charge >= 0.3 is 0 Å². The smallest absolute Gasteiger partial charge is 0.00507 e. The van der Waals surface area contributed by atoms with E-state index < -0.39 is 0 Å². The van der Waals surface area contributed by atoms with Crippen LogP contribution >= 0.6 is 0 Å². The van der Waals surface area contributed by atoms with Crippen LogP contribution in [0.1, 0.15) is 44.1 Å². The van der Waals surface area contributed by atoms with Crippen molar-refractivity contribution in [2.75, 3.05) is 19.6 Å². The monoisotopic (exact) mass is 246 g/mol. The van der Waals surface area contributed by atoms with Gasteiger partial charge in [0.25, 0.3) is 0 Å². The molecule has 2 nitrogen and oxygen atoms in total. The predicted molar refractivity (Wildman–Crippen MR) is 77.7 cm³/mol. The molecule has 2 unspecified atom stereocenters. The van der Waals surface area contributed by atoms with Crippen LogP contribution in [-0.4, -0.2) is 30.6 Å². The molecule has 0 bridgehead atoms. The van der Waals surface area contributed by atoms with Gasteiger partial charge in [-0.15, -0.1) is 0 Å². The van der Waals surface area contributed by atoms with Crippen LogP contribution in [0.3, 0.4) is 0 Å². The highest BCUT2D eigenvalue weighted by molar-refractivity contribution is 5.20. The molecular formula is C16H26N2. The van der Waals surface area contributed by atoms with Gasteiger partial charge in [0.2, 0.25) is 0 Å². The lowest BCUT2D eigenvalue weighted by atomic mass is 9.99. The second-order valence-corrected chi connectivity index (χ2v) is 5.67. The summed E-state index contributed by atoms with van der Waals surface area (Å²) in [6.45, 7) is 5.84. The van der Waals surface area contributed by atoms with E-state index in [1.807, 2.05) is 0 Å². The van der Waals surface area contributed by atoms with E-state index in [1.165, 1.54) is 44.5 Å². The Bertz CT molecular complexity index is 334. The molecule has 1 fully saturated rings. The van der Waals surface area contributed by atoms with Gasteiger partial charge in [0, 0.05) is 12.6 Å². The molecule has 0 saturated carbocycles. The number of hydrogen-bond donors (Lipinski definition) is 1. The Hall–Kier alpha value is -0.860. The Labute approximate surface area is 111 Å². The zero-order chi connectivity index (χ0) is 12.8. The van der Waals surface area contributed by atoms with Crippen molar-refractivity contribution in [2.45, 2.75) is 44.6 Å². The largest absolute Gasteiger partial charge is 0.328 e. The summed E-state index contributed by atoms with van der Waals surface area (Å²) < 4.78 is 0. The van der Waals surface area contributed by atoms with Crippen LogP contribution in [0.4, 0.5) is 0 Å². The fraction of sp³-hybridized carbons (Fsp3) is 0.625. The number of nitrogens with zero attached hydrogens (tertiary/aromatic N) is 1. The molecule has 18 heavy (non-hydrogen) atoms. The van der Waals surface area contributed by atoms with Crippen molar-refractivity contribution in [1.29, 1.82) is 0 Å². The molecule has 0 aromatic heterocycles. The SMILES string of the molecule is CC(N)CCCCN1CCC(c2ccccc2)C1. The van der Waals surface area contributed by atoms with Crippen molar-refractivity contribution in [3.8, 4) is 0 Å². The van der Waals surface area contributed by atoms with Crippen molar-refractivity contribution in [3.63, 3.8) is 0 Å². The summed E-state index contributed by atoms with van der Waals surface area (Å²) in [6.07, 6.45) is 5.04. The summed E-state index contributed by atoms with van der Waals surface area (Å²) in [7, 11) is 0. The van der Waals surface area contributed by atoms with Gasteiger partial charge in [0.1, 0.15) is 0 Å². The molecule has 1 aromatic rings. The Kier molecular flexibility index (Phi) is 5.21. The van der Waals surface area contributed by atoms with Crippen LogP contribution < -0.4 is 5.73 Å². The fourth-order valence-corrected chi connectivity index (χ4v) is 2.83. The highest BCUT2D eigenvalue weighted by atomic mass is 15.1. The molecule has 2 atom stereocenters. The lowest BCUT2D eigenvalue weighted by Gasteiger charge is -2.16. The van der Waals surface area contributed by atoms with Crippen molar-refractivity contribution >= 4 is 0 Å². The minimum atomic E-state index is 0.362. The highest BCUT2D eigenvalue weighted by Gasteiger charge is 2.22. The molecule has 2 N–H and O–H groups in total. The van der Waals surface area contributed by atoms with E-state index in [2.05, 4.69) is 42.2 Å². The van der Waals surface area contributed by atoms with Gasteiger partial charge in [-0.2, -0.15) is 0 Å². The number of likely N-dealkylation sites (tertiary alicyclic amines) is 1. The van der Waals surface area contributed by atoms with Gasteiger partial charge in [0.05, 0.1) is 0 Å². The third-order valence-corrected chi connectivity index (χ3v) is 3.93. The van der Waals surface area contributed by atoms with E-state index in [0.29, 0.717) is 6.04 Å². The van der Waals surface area contributed by atoms with Crippen LogP contribution in [-0.2, 0) is 0 Å². The molecule has 2 rings (SSSR count). The predicted octanol–water partition coefficient (Wildman–Crippen LogP) is 2.99. The molecule has 100 valence electrons. The summed E-state index contributed by atoms with van der Waals surface area (Å²) in [4.78, 5) is 2.61. The molecule has 1 aliphatic rings.